The van der Waals surface area contributed by atoms with Crippen LogP contribution in [-0.4, -0.2) is 23.7 Å². The molecule has 0 radical (unpaired) electrons. The minimum absolute atomic E-state index is 0.000298. The van der Waals surface area contributed by atoms with Crippen LogP contribution < -0.4 is 10.6 Å². The molecule has 112 valence electrons. The topological polar surface area (TPSA) is 61.4 Å². The number of hydrogen-bond donors (Lipinski definition) is 3. The molecule has 0 fully saturated rings. The van der Waals surface area contributed by atoms with Crippen molar-refractivity contribution in [2.75, 3.05) is 11.9 Å². The summed E-state index contributed by atoms with van der Waals surface area (Å²) in [4.78, 5) is 12.2. The van der Waals surface area contributed by atoms with Gasteiger partial charge in [0.15, 0.2) is 0 Å². The van der Waals surface area contributed by atoms with Crippen LogP contribution >= 0.6 is 11.3 Å². The lowest BCUT2D eigenvalue weighted by atomic mass is 10.1. The highest BCUT2D eigenvalue weighted by Crippen LogP contribution is 2.22. The van der Waals surface area contributed by atoms with Gasteiger partial charge in [0.25, 0.3) is 0 Å². The number of carbonyl (C=O) groups is 1. The van der Waals surface area contributed by atoms with Gasteiger partial charge in [0.1, 0.15) is 0 Å². The first-order chi connectivity index (χ1) is 10.2. The van der Waals surface area contributed by atoms with Crippen molar-refractivity contribution in [3.8, 4) is 0 Å². The van der Waals surface area contributed by atoms with Crippen LogP contribution in [0.5, 0.6) is 0 Å². The van der Waals surface area contributed by atoms with Gasteiger partial charge in [0.05, 0.1) is 12.3 Å². The first-order valence-corrected chi connectivity index (χ1v) is 7.79. The average molecular weight is 304 g/mol. The summed E-state index contributed by atoms with van der Waals surface area (Å²) in [5.74, 6) is -0.0716. The SMILES string of the molecule is CC(=O)Nc1ccsc1CN[C@H](CO)Cc1ccccc1. The number of benzene rings is 1. The van der Waals surface area contributed by atoms with E-state index in [1.54, 1.807) is 11.3 Å². The van der Waals surface area contributed by atoms with E-state index in [9.17, 15) is 9.90 Å². The van der Waals surface area contributed by atoms with Crippen molar-refractivity contribution in [2.45, 2.75) is 25.9 Å². The van der Waals surface area contributed by atoms with Crippen LogP contribution in [-0.2, 0) is 17.8 Å². The van der Waals surface area contributed by atoms with E-state index in [1.165, 1.54) is 12.5 Å². The van der Waals surface area contributed by atoms with E-state index in [-0.39, 0.29) is 18.6 Å². The van der Waals surface area contributed by atoms with Crippen LogP contribution in [0, 0.1) is 0 Å². The molecule has 0 unspecified atom stereocenters. The number of thiophene rings is 1. The number of carbonyl (C=O) groups excluding carboxylic acids is 1. The summed E-state index contributed by atoms with van der Waals surface area (Å²) < 4.78 is 0. The van der Waals surface area contributed by atoms with Crippen molar-refractivity contribution >= 4 is 22.9 Å². The molecular formula is C16H20N2O2S. The van der Waals surface area contributed by atoms with Crippen molar-refractivity contribution < 1.29 is 9.90 Å². The summed E-state index contributed by atoms with van der Waals surface area (Å²) >= 11 is 1.59. The molecule has 1 heterocycles. The Kier molecular flexibility index (Phi) is 5.92. The van der Waals surface area contributed by atoms with Gasteiger partial charge in [0, 0.05) is 24.4 Å². The molecular weight excluding hydrogens is 284 g/mol. The van der Waals surface area contributed by atoms with Crippen LogP contribution in [0.2, 0.25) is 0 Å². The lowest BCUT2D eigenvalue weighted by Crippen LogP contribution is -2.34. The predicted octanol–water partition coefficient (Wildman–Crippen LogP) is 2.40. The lowest BCUT2D eigenvalue weighted by molar-refractivity contribution is -0.114. The zero-order valence-corrected chi connectivity index (χ0v) is 12.8. The van der Waals surface area contributed by atoms with Crippen LogP contribution in [0.15, 0.2) is 41.8 Å². The van der Waals surface area contributed by atoms with E-state index in [0.717, 1.165) is 17.0 Å². The van der Waals surface area contributed by atoms with Crippen molar-refractivity contribution in [1.29, 1.82) is 0 Å². The Balaban J connectivity index is 1.91. The average Bonchev–Trinajstić information content (AvgIpc) is 2.91. The number of anilines is 1. The van der Waals surface area contributed by atoms with Crippen molar-refractivity contribution in [3.63, 3.8) is 0 Å². The lowest BCUT2D eigenvalue weighted by Gasteiger charge is -2.16. The number of aliphatic hydroxyl groups excluding tert-OH is 1. The van der Waals surface area contributed by atoms with Gasteiger partial charge in [0.2, 0.25) is 5.91 Å². The molecule has 0 saturated heterocycles. The van der Waals surface area contributed by atoms with E-state index in [4.69, 9.17) is 0 Å². The number of nitrogens with one attached hydrogen (secondary N) is 2. The van der Waals surface area contributed by atoms with Crippen LogP contribution in [0.1, 0.15) is 17.4 Å². The first kappa shape index (κ1) is 15.7. The summed E-state index contributed by atoms with van der Waals surface area (Å²) in [5.41, 5.74) is 2.04. The highest BCUT2D eigenvalue weighted by molar-refractivity contribution is 7.10. The third-order valence-corrected chi connectivity index (χ3v) is 4.07. The first-order valence-electron chi connectivity index (χ1n) is 6.91. The molecule has 1 amide bonds. The van der Waals surface area contributed by atoms with E-state index >= 15 is 0 Å². The second-order valence-electron chi connectivity index (χ2n) is 4.89. The van der Waals surface area contributed by atoms with Gasteiger partial charge in [-0.15, -0.1) is 11.3 Å². The molecule has 4 nitrogen and oxygen atoms in total. The number of rotatable bonds is 7. The normalized spacial score (nSPS) is 12.1. The fourth-order valence-electron chi connectivity index (χ4n) is 2.12. The molecule has 21 heavy (non-hydrogen) atoms. The second-order valence-corrected chi connectivity index (χ2v) is 5.89. The molecule has 0 aliphatic rings. The van der Waals surface area contributed by atoms with Gasteiger partial charge in [-0.3, -0.25) is 4.79 Å². The molecule has 2 rings (SSSR count). The second kappa shape index (κ2) is 7.93. The van der Waals surface area contributed by atoms with Crippen molar-refractivity contribution in [2.24, 2.45) is 0 Å². The number of hydrogen-bond acceptors (Lipinski definition) is 4. The molecule has 0 aliphatic carbocycles. The van der Waals surface area contributed by atoms with Gasteiger partial charge < -0.3 is 15.7 Å². The van der Waals surface area contributed by atoms with E-state index in [2.05, 4.69) is 22.8 Å². The largest absolute Gasteiger partial charge is 0.395 e. The summed E-state index contributed by atoms with van der Waals surface area (Å²) in [6.45, 7) is 2.21. The Morgan fingerprint density at radius 1 is 1.29 bits per heavy atom. The third kappa shape index (κ3) is 4.97. The molecule has 3 N–H and O–H groups in total. The van der Waals surface area contributed by atoms with E-state index in [1.807, 2.05) is 29.6 Å². The van der Waals surface area contributed by atoms with Crippen molar-refractivity contribution in [3.05, 3.63) is 52.2 Å². The Hall–Kier alpha value is -1.69. The van der Waals surface area contributed by atoms with Crippen LogP contribution in [0.4, 0.5) is 5.69 Å². The van der Waals surface area contributed by atoms with Gasteiger partial charge in [-0.2, -0.15) is 0 Å². The number of amides is 1. The van der Waals surface area contributed by atoms with E-state index in [0.29, 0.717) is 6.54 Å². The molecule has 2 aromatic rings. The third-order valence-electron chi connectivity index (χ3n) is 3.15. The quantitative estimate of drug-likeness (QED) is 0.736. The fourth-order valence-corrected chi connectivity index (χ4v) is 2.90. The maximum absolute atomic E-state index is 11.1. The maximum Gasteiger partial charge on any atom is 0.221 e. The van der Waals surface area contributed by atoms with Gasteiger partial charge in [-0.25, -0.2) is 0 Å². The standard InChI is InChI=1S/C16H20N2O2S/c1-12(20)18-15-7-8-21-16(15)10-17-14(11-19)9-13-5-3-2-4-6-13/h2-8,14,17,19H,9-11H2,1H3,(H,18,20)/t14-/m0/s1. The fraction of sp³-hybridized carbons (Fsp3) is 0.312. The summed E-state index contributed by atoms with van der Waals surface area (Å²) in [6, 6.07) is 12.0. The Labute approximate surface area is 128 Å². The summed E-state index contributed by atoms with van der Waals surface area (Å²) in [5, 5.41) is 17.6. The maximum atomic E-state index is 11.1. The molecule has 1 aromatic carbocycles. The zero-order chi connectivity index (χ0) is 15.1. The van der Waals surface area contributed by atoms with Gasteiger partial charge in [-0.05, 0) is 23.4 Å². The predicted molar refractivity (Wildman–Crippen MR) is 86.5 cm³/mol. The summed E-state index contributed by atoms with van der Waals surface area (Å²) in [6.07, 6.45) is 0.776. The molecule has 1 aromatic heterocycles. The number of aliphatic hydroxyl groups is 1. The van der Waals surface area contributed by atoms with Gasteiger partial charge >= 0.3 is 0 Å². The van der Waals surface area contributed by atoms with Crippen LogP contribution in [0.3, 0.4) is 0 Å². The Morgan fingerprint density at radius 2 is 2.05 bits per heavy atom. The van der Waals surface area contributed by atoms with Crippen LogP contribution in [0.25, 0.3) is 0 Å². The monoisotopic (exact) mass is 304 g/mol. The van der Waals surface area contributed by atoms with Crippen molar-refractivity contribution in [1.82, 2.24) is 5.32 Å². The molecule has 0 saturated carbocycles. The molecule has 0 spiro atoms. The molecule has 0 aliphatic heterocycles. The highest BCUT2D eigenvalue weighted by atomic mass is 32.1. The zero-order valence-electron chi connectivity index (χ0n) is 12.0. The minimum Gasteiger partial charge on any atom is -0.395 e. The molecule has 0 bridgehead atoms. The highest BCUT2D eigenvalue weighted by Gasteiger charge is 2.11. The Bertz CT molecular complexity index is 569. The molecule has 5 heteroatoms. The molecule has 1 atom stereocenters. The summed E-state index contributed by atoms with van der Waals surface area (Å²) in [7, 11) is 0. The smallest absolute Gasteiger partial charge is 0.221 e. The Morgan fingerprint density at radius 3 is 2.71 bits per heavy atom. The minimum atomic E-state index is -0.0716. The van der Waals surface area contributed by atoms with Gasteiger partial charge in [-0.1, -0.05) is 30.3 Å². The van der Waals surface area contributed by atoms with E-state index < -0.39 is 0 Å².